The van der Waals surface area contributed by atoms with E-state index < -0.39 is 5.97 Å². The van der Waals surface area contributed by atoms with Crippen LogP contribution in [0.3, 0.4) is 0 Å². The second-order valence-corrected chi connectivity index (χ2v) is 7.68. The number of hydrogen-bond donors (Lipinski definition) is 2. The molecule has 1 atom stereocenters. The van der Waals surface area contributed by atoms with Crippen LogP contribution in [0.2, 0.25) is 0 Å². The number of carbonyl (C=O) groups is 2. The number of aromatic amines is 1. The molecule has 3 rings (SSSR count). The summed E-state index contributed by atoms with van der Waals surface area (Å²) in [6, 6.07) is 13.0. The zero-order chi connectivity index (χ0) is 22.4. The van der Waals surface area contributed by atoms with E-state index in [1.54, 1.807) is 18.2 Å². The first kappa shape index (κ1) is 22.2. The fourth-order valence-corrected chi connectivity index (χ4v) is 3.27. The number of nitrogens with zero attached hydrogens (tertiary/aromatic N) is 1. The number of carbonyl (C=O) groups excluding carboxylic acids is 2. The van der Waals surface area contributed by atoms with Gasteiger partial charge in [0.1, 0.15) is 5.82 Å². The van der Waals surface area contributed by atoms with E-state index in [9.17, 15) is 14.4 Å². The van der Waals surface area contributed by atoms with Crippen LogP contribution in [-0.4, -0.2) is 28.5 Å². The lowest BCUT2D eigenvalue weighted by Crippen LogP contribution is -2.31. The van der Waals surface area contributed by atoms with Crippen molar-refractivity contribution in [2.75, 3.05) is 6.61 Å². The summed E-state index contributed by atoms with van der Waals surface area (Å²) in [4.78, 5) is 43.3. The van der Waals surface area contributed by atoms with Gasteiger partial charge in [-0.05, 0) is 56.0 Å². The van der Waals surface area contributed by atoms with Crippen molar-refractivity contribution in [2.24, 2.45) is 0 Å². The van der Waals surface area contributed by atoms with Crippen LogP contribution in [0.4, 0.5) is 0 Å². The third kappa shape index (κ3) is 6.01. The Morgan fingerprint density at radius 1 is 1.13 bits per heavy atom. The van der Waals surface area contributed by atoms with Gasteiger partial charge in [-0.25, -0.2) is 4.98 Å². The van der Waals surface area contributed by atoms with E-state index >= 15 is 0 Å². The van der Waals surface area contributed by atoms with Crippen molar-refractivity contribution in [3.05, 3.63) is 75.3 Å². The largest absolute Gasteiger partial charge is 0.456 e. The molecule has 0 saturated heterocycles. The van der Waals surface area contributed by atoms with Crippen LogP contribution in [0.5, 0.6) is 0 Å². The van der Waals surface area contributed by atoms with Gasteiger partial charge in [0, 0.05) is 12.8 Å². The predicted molar refractivity (Wildman–Crippen MR) is 119 cm³/mol. The third-order valence-corrected chi connectivity index (χ3v) is 5.23. The molecule has 0 spiro atoms. The van der Waals surface area contributed by atoms with Crippen molar-refractivity contribution in [3.63, 3.8) is 0 Å². The lowest BCUT2D eigenvalue weighted by Gasteiger charge is -2.15. The Bertz CT molecular complexity index is 1150. The van der Waals surface area contributed by atoms with Crippen LogP contribution in [0.15, 0.2) is 47.3 Å². The van der Waals surface area contributed by atoms with Gasteiger partial charge in [-0.15, -0.1) is 0 Å². The molecule has 162 valence electrons. The lowest BCUT2D eigenvalue weighted by molar-refractivity contribution is -0.148. The van der Waals surface area contributed by atoms with Crippen LogP contribution < -0.4 is 10.9 Å². The summed E-state index contributed by atoms with van der Waals surface area (Å²) in [5.74, 6) is -0.284. The van der Waals surface area contributed by atoms with Gasteiger partial charge in [-0.1, -0.05) is 30.3 Å². The molecule has 0 aliphatic rings. The Balaban J connectivity index is 1.42. The summed E-state index contributed by atoms with van der Waals surface area (Å²) in [5.41, 5.74) is 3.78. The molecular weight excluding hydrogens is 394 g/mol. The van der Waals surface area contributed by atoms with Gasteiger partial charge in [-0.2, -0.15) is 0 Å². The molecule has 3 aromatic rings. The number of rotatable bonds is 8. The Labute approximate surface area is 180 Å². The van der Waals surface area contributed by atoms with E-state index in [-0.39, 0.29) is 30.5 Å². The van der Waals surface area contributed by atoms with Gasteiger partial charge in [-0.3, -0.25) is 14.4 Å². The summed E-state index contributed by atoms with van der Waals surface area (Å²) >= 11 is 0. The summed E-state index contributed by atoms with van der Waals surface area (Å²) < 4.78 is 5.07. The van der Waals surface area contributed by atoms with E-state index in [1.807, 2.05) is 45.0 Å². The maximum atomic E-state index is 12.1. The van der Waals surface area contributed by atoms with Crippen molar-refractivity contribution in [1.29, 1.82) is 0 Å². The molecule has 2 N–H and O–H groups in total. The monoisotopic (exact) mass is 421 g/mol. The van der Waals surface area contributed by atoms with Gasteiger partial charge < -0.3 is 15.0 Å². The molecule has 0 saturated carbocycles. The highest BCUT2D eigenvalue weighted by molar-refractivity contribution is 5.81. The molecule has 0 fully saturated rings. The minimum absolute atomic E-state index is 0.135. The predicted octanol–water partition coefficient (Wildman–Crippen LogP) is 3.28. The Hall–Kier alpha value is -3.48. The minimum atomic E-state index is -0.461. The molecule has 1 unspecified atom stereocenters. The first-order valence-corrected chi connectivity index (χ1v) is 10.3. The highest BCUT2D eigenvalue weighted by Crippen LogP contribution is 2.16. The van der Waals surface area contributed by atoms with Gasteiger partial charge in [0.15, 0.2) is 6.61 Å². The molecular formula is C24H27N3O4. The number of esters is 1. The average molecular weight is 421 g/mol. The zero-order valence-corrected chi connectivity index (χ0v) is 18.0. The number of para-hydroxylation sites is 1. The van der Waals surface area contributed by atoms with E-state index in [0.29, 0.717) is 29.6 Å². The molecule has 2 aromatic carbocycles. The summed E-state index contributed by atoms with van der Waals surface area (Å²) in [5, 5.41) is 3.37. The maximum Gasteiger partial charge on any atom is 0.306 e. The minimum Gasteiger partial charge on any atom is -0.456 e. The Kier molecular flexibility index (Phi) is 7.18. The Morgan fingerprint density at radius 3 is 2.68 bits per heavy atom. The van der Waals surface area contributed by atoms with Gasteiger partial charge >= 0.3 is 5.97 Å². The molecule has 1 amide bonds. The zero-order valence-electron chi connectivity index (χ0n) is 18.0. The smallest absolute Gasteiger partial charge is 0.306 e. The molecule has 1 heterocycles. The van der Waals surface area contributed by atoms with E-state index in [2.05, 4.69) is 15.3 Å². The molecule has 0 bridgehead atoms. The molecule has 0 radical (unpaired) electrons. The third-order valence-electron chi connectivity index (χ3n) is 5.23. The standard InChI is InChI=1S/C24H27N3O4/c1-15-11-12-18(13-16(15)2)17(3)25-22(28)14-31-23(29)10-6-9-21-26-20-8-5-4-7-19(20)24(30)27-21/h4-5,7-8,11-13,17H,6,9-10,14H2,1-3H3,(H,25,28)(H,26,27,30). The van der Waals surface area contributed by atoms with Gasteiger partial charge in [0.25, 0.3) is 11.5 Å². The number of fused-ring (bicyclic) bond motifs is 1. The van der Waals surface area contributed by atoms with Crippen molar-refractivity contribution < 1.29 is 14.3 Å². The molecule has 7 heteroatoms. The van der Waals surface area contributed by atoms with Crippen LogP contribution >= 0.6 is 0 Å². The number of hydrogen-bond acceptors (Lipinski definition) is 5. The molecule has 31 heavy (non-hydrogen) atoms. The highest BCUT2D eigenvalue weighted by Gasteiger charge is 2.13. The van der Waals surface area contributed by atoms with Crippen molar-refractivity contribution >= 4 is 22.8 Å². The number of amides is 1. The number of H-pyrrole nitrogens is 1. The van der Waals surface area contributed by atoms with E-state index in [4.69, 9.17) is 4.74 Å². The Morgan fingerprint density at radius 2 is 1.90 bits per heavy atom. The first-order valence-electron chi connectivity index (χ1n) is 10.3. The number of nitrogens with one attached hydrogen (secondary N) is 2. The van der Waals surface area contributed by atoms with Crippen LogP contribution in [0.1, 0.15) is 48.3 Å². The lowest BCUT2D eigenvalue weighted by atomic mass is 10.0. The average Bonchev–Trinajstić information content (AvgIpc) is 2.74. The topological polar surface area (TPSA) is 101 Å². The quantitative estimate of drug-likeness (QED) is 0.544. The molecule has 0 aliphatic carbocycles. The van der Waals surface area contributed by atoms with Crippen LogP contribution in [0, 0.1) is 13.8 Å². The van der Waals surface area contributed by atoms with Crippen LogP contribution in [-0.2, 0) is 20.7 Å². The van der Waals surface area contributed by atoms with Gasteiger partial charge in [0.2, 0.25) is 0 Å². The van der Waals surface area contributed by atoms with Crippen molar-refractivity contribution in [1.82, 2.24) is 15.3 Å². The molecule has 1 aromatic heterocycles. The SMILES string of the molecule is Cc1ccc(C(C)NC(=O)COC(=O)CCCc2nc3ccccc3c(=O)[nH]2)cc1C. The van der Waals surface area contributed by atoms with Crippen molar-refractivity contribution in [3.8, 4) is 0 Å². The number of aryl methyl sites for hydroxylation is 3. The second kappa shape index (κ2) is 10.0. The highest BCUT2D eigenvalue weighted by atomic mass is 16.5. The first-order chi connectivity index (χ1) is 14.8. The summed E-state index contributed by atoms with van der Waals surface area (Å²) in [6.45, 7) is 5.63. The van der Waals surface area contributed by atoms with Gasteiger partial charge in [0.05, 0.1) is 16.9 Å². The van der Waals surface area contributed by atoms with E-state index in [0.717, 1.165) is 11.1 Å². The second-order valence-electron chi connectivity index (χ2n) is 7.68. The fraction of sp³-hybridized carbons (Fsp3) is 0.333. The van der Waals surface area contributed by atoms with E-state index in [1.165, 1.54) is 5.56 Å². The summed E-state index contributed by atoms with van der Waals surface area (Å²) in [7, 11) is 0. The maximum absolute atomic E-state index is 12.1. The molecule has 7 nitrogen and oxygen atoms in total. The fourth-order valence-electron chi connectivity index (χ4n) is 3.27. The molecule has 0 aliphatic heterocycles. The number of benzene rings is 2. The number of aromatic nitrogens is 2. The number of ether oxygens (including phenoxy) is 1. The summed E-state index contributed by atoms with van der Waals surface area (Å²) in [6.07, 6.45) is 1.03. The van der Waals surface area contributed by atoms with Crippen molar-refractivity contribution in [2.45, 2.75) is 46.1 Å². The van der Waals surface area contributed by atoms with Crippen LogP contribution in [0.25, 0.3) is 10.9 Å². The normalized spacial score (nSPS) is 11.8.